The van der Waals surface area contributed by atoms with Gasteiger partial charge in [0.2, 0.25) is 0 Å². The van der Waals surface area contributed by atoms with Crippen molar-refractivity contribution < 1.29 is 27.9 Å². The zero-order valence-corrected chi connectivity index (χ0v) is 13.2. The van der Waals surface area contributed by atoms with Crippen molar-refractivity contribution >= 4 is 21.7 Å². The van der Waals surface area contributed by atoms with E-state index in [1.54, 1.807) is 18.2 Å². The molecule has 1 saturated heterocycles. The maximum Gasteiger partial charge on any atom is 0.330 e. The Balaban J connectivity index is 1.84. The molecule has 2 aliphatic heterocycles. The number of carbonyl (C=O) groups excluding carboxylic acids is 1. The van der Waals surface area contributed by atoms with Gasteiger partial charge in [0, 0.05) is 5.56 Å². The standard InChI is InChI=1S/C15H17NO6S/c17-13(11-3-4-12-10(8-11)2-1-6-22-12)16-15(14(18)19)5-7-23(20,21)9-15/h3-4,8H,1-2,5-7,9H2,(H,16,17)(H,18,19). The number of fused-ring (bicyclic) bond motifs is 1. The summed E-state index contributed by atoms with van der Waals surface area (Å²) in [6.07, 6.45) is 1.52. The first-order valence-electron chi connectivity index (χ1n) is 7.33. The molecule has 2 N–H and O–H groups in total. The number of amides is 1. The van der Waals surface area contributed by atoms with E-state index in [1.807, 2.05) is 0 Å². The maximum atomic E-state index is 12.4. The third kappa shape index (κ3) is 3.03. The summed E-state index contributed by atoms with van der Waals surface area (Å²) in [7, 11) is -3.46. The number of aliphatic carboxylic acids is 1. The average Bonchev–Trinajstić information content (AvgIpc) is 2.83. The number of nitrogens with one attached hydrogen (secondary N) is 1. The third-order valence-corrected chi connectivity index (χ3v) is 6.00. The molecule has 1 amide bonds. The van der Waals surface area contributed by atoms with Crippen LogP contribution in [0.2, 0.25) is 0 Å². The summed E-state index contributed by atoms with van der Waals surface area (Å²) in [6.45, 7) is 0.637. The number of aryl methyl sites for hydroxylation is 1. The van der Waals surface area contributed by atoms with Gasteiger partial charge in [-0.3, -0.25) is 4.79 Å². The van der Waals surface area contributed by atoms with E-state index in [0.717, 1.165) is 24.2 Å². The number of hydrogen-bond donors (Lipinski definition) is 2. The van der Waals surface area contributed by atoms with Crippen molar-refractivity contribution in [2.24, 2.45) is 0 Å². The molecule has 1 aromatic rings. The fourth-order valence-corrected chi connectivity index (χ4v) is 4.86. The van der Waals surface area contributed by atoms with Crippen molar-refractivity contribution in [2.45, 2.75) is 24.8 Å². The van der Waals surface area contributed by atoms with Gasteiger partial charge in [-0.25, -0.2) is 13.2 Å². The van der Waals surface area contributed by atoms with Crippen molar-refractivity contribution in [3.05, 3.63) is 29.3 Å². The molecule has 8 heteroatoms. The molecule has 2 aliphatic rings. The smallest absolute Gasteiger partial charge is 0.330 e. The second kappa shape index (κ2) is 5.52. The molecule has 1 unspecified atom stereocenters. The highest BCUT2D eigenvalue weighted by atomic mass is 32.2. The van der Waals surface area contributed by atoms with Crippen LogP contribution in [0.3, 0.4) is 0 Å². The normalized spacial score (nSPS) is 25.2. The Morgan fingerprint density at radius 2 is 2.09 bits per heavy atom. The van der Waals surface area contributed by atoms with E-state index in [2.05, 4.69) is 5.32 Å². The molecule has 23 heavy (non-hydrogen) atoms. The SMILES string of the molecule is O=C(NC1(C(=O)O)CCS(=O)(=O)C1)c1ccc2c(c1)CCCO2. The van der Waals surface area contributed by atoms with E-state index in [9.17, 15) is 23.1 Å². The minimum Gasteiger partial charge on any atom is -0.493 e. The quantitative estimate of drug-likeness (QED) is 0.824. The van der Waals surface area contributed by atoms with Gasteiger partial charge in [-0.2, -0.15) is 0 Å². The Morgan fingerprint density at radius 3 is 2.74 bits per heavy atom. The molecule has 0 radical (unpaired) electrons. The summed E-state index contributed by atoms with van der Waals surface area (Å²) >= 11 is 0. The fourth-order valence-electron chi connectivity index (χ4n) is 2.96. The van der Waals surface area contributed by atoms with Crippen LogP contribution in [0.4, 0.5) is 0 Å². The number of rotatable bonds is 3. The highest BCUT2D eigenvalue weighted by Gasteiger charge is 2.49. The lowest BCUT2D eigenvalue weighted by atomic mass is 9.97. The molecule has 1 fully saturated rings. The van der Waals surface area contributed by atoms with Crippen LogP contribution in [0.5, 0.6) is 5.75 Å². The molecule has 0 saturated carbocycles. The molecule has 0 aromatic heterocycles. The van der Waals surface area contributed by atoms with Gasteiger partial charge < -0.3 is 15.2 Å². The Bertz CT molecular complexity index is 772. The molecule has 1 aromatic carbocycles. The third-order valence-electron chi connectivity index (χ3n) is 4.24. The predicted molar refractivity (Wildman–Crippen MR) is 81.4 cm³/mol. The second-order valence-electron chi connectivity index (χ2n) is 5.96. The summed E-state index contributed by atoms with van der Waals surface area (Å²) < 4.78 is 28.7. The van der Waals surface area contributed by atoms with Gasteiger partial charge in [-0.05, 0) is 43.0 Å². The molecule has 0 bridgehead atoms. The average molecular weight is 339 g/mol. The highest BCUT2D eigenvalue weighted by molar-refractivity contribution is 7.91. The number of ether oxygens (including phenoxy) is 1. The summed E-state index contributed by atoms with van der Waals surface area (Å²) in [5, 5.41) is 11.8. The monoisotopic (exact) mass is 339 g/mol. The number of hydrogen-bond acceptors (Lipinski definition) is 5. The lowest BCUT2D eigenvalue weighted by molar-refractivity contribution is -0.143. The van der Waals surface area contributed by atoms with Crippen LogP contribution in [0.15, 0.2) is 18.2 Å². The molecule has 3 rings (SSSR count). The van der Waals surface area contributed by atoms with Gasteiger partial charge >= 0.3 is 5.97 Å². The molecule has 7 nitrogen and oxygen atoms in total. The lowest BCUT2D eigenvalue weighted by Crippen LogP contribution is -2.55. The Labute approximate surface area is 133 Å². The molecule has 1 atom stereocenters. The molecular weight excluding hydrogens is 322 g/mol. The Hall–Kier alpha value is -2.09. The van der Waals surface area contributed by atoms with E-state index in [4.69, 9.17) is 4.74 Å². The van der Waals surface area contributed by atoms with Crippen molar-refractivity contribution in [1.29, 1.82) is 0 Å². The molecule has 0 spiro atoms. The van der Waals surface area contributed by atoms with E-state index in [1.165, 1.54) is 0 Å². The maximum absolute atomic E-state index is 12.4. The first-order chi connectivity index (χ1) is 10.8. The number of benzene rings is 1. The predicted octanol–water partition coefficient (Wildman–Crippen LogP) is 0.383. The summed E-state index contributed by atoms with van der Waals surface area (Å²) in [4.78, 5) is 23.9. The second-order valence-corrected chi connectivity index (χ2v) is 8.14. The van der Waals surface area contributed by atoms with Gasteiger partial charge in [0.25, 0.3) is 5.91 Å². The fraction of sp³-hybridized carbons (Fsp3) is 0.467. The Kier molecular flexibility index (Phi) is 3.79. The van der Waals surface area contributed by atoms with E-state index in [-0.39, 0.29) is 12.2 Å². The van der Waals surface area contributed by atoms with Crippen molar-refractivity contribution in [1.82, 2.24) is 5.32 Å². The number of carboxylic acids is 1. The molecule has 2 heterocycles. The summed E-state index contributed by atoms with van der Waals surface area (Å²) in [5.41, 5.74) is -0.547. The first kappa shape index (κ1) is 15.8. The lowest BCUT2D eigenvalue weighted by Gasteiger charge is -2.24. The van der Waals surface area contributed by atoms with Crippen LogP contribution in [-0.4, -0.2) is 49.1 Å². The summed E-state index contributed by atoms with van der Waals surface area (Å²) in [6, 6.07) is 4.91. The van der Waals surface area contributed by atoms with Gasteiger partial charge in [-0.15, -0.1) is 0 Å². The highest BCUT2D eigenvalue weighted by Crippen LogP contribution is 2.27. The minimum atomic E-state index is -3.46. The van der Waals surface area contributed by atoms with Crippen LogP contribution in [-0.2, 0) is 21.1 Å². The van der Waals surface area contributed by atoms with Gasteiger partial charge in [0.15, 0.2) is 15.4 Å². The largest absolute Gasteiger partial charge is 0.493 e. The van der Waals surface area contributed by atoms with Crippen molar-refractivity contribution in [3.63, 3.8) is 0 Å². The van der Waals surface area contributed by atoms with E-state index in [0.29, 0.717) is 12.2 Å². The van der Waals surface area contributed by atoms with E-state index < -0.39 is 33.0 Å². The van der Waals surface area contributed by atoms with Crippen LogP contribution in [0.1, 0.15) is 28.8 Å². The number of carboxylic acid groups (broad SMARTS) is 1. The zero-order valence-electron chi connectivity index (χ0n) is 12.4. The van der Waals surface area contributed by atoms with Crippen LogP contribution in [0.25, 0.3) is 0 Å². The van der Waals surface area contributed by atoms with Gasteiger partial charge in [0.1, 0.15) is 5.75 Å². The van der Waals surface area contributed by atoms with Crippen LogP contribution >= 0.6 is 0 Å². The van der Waals surface area contributed by atoms with Crippen LogP contribution in [0, 0.1) is 0 Å². The summed E-state index contributed by atoms with van der Waals surface area (Å²) in [5.74, 6) is -2.00. The van der Waals surface area contributed by atoms with Crippen LogP contribution < -0.4 is 10.1 Å². The van der Waals surface area contributed by atoms with Crippen molar-refractivity contribution in [3.8, 4) is 5.75 Å². The topological polar surface area (TPSA) is 110 Å². The number of sulfone groups is 1. The molecule has 0 aliphatic carbocycles. The number of carbonyl (C=O) groups is 2. The van der Waals surface area contributed by atoms with Gasteiger partial charge in [0.05, 0.1) is 18.1 Å². The molecule has 124 valence electrons. The zero-order chi connectivity index (χ0) is 16.7. The van der Waals surface area contributed by atoms with Crippen molar-refractivity contribution in [2.75, 3.05) is 18.1 Å². The Morgan fingerprint density at radius 1 is 1.30 bits per heavy atom. The first-order valence-corrected chi connectivity index (χ1v) is 9.16. The van der Waals surface area contributed by atoms with E-state index >= 15 is 0 Å². The van der Waals surface area contributed by atoms with Gasteiger partial charge in [-0.1, -0.05) is 0 Å². The minimum absolute atomic E-state index is 0.121. The molecular formula is C15H17NO6S.